The normalized spacial score (nSPS) is 10.9. The fraction of sp³-hybridized carbons (Fsp3) is 0. The number of aromatic amines is 1. The number of benzene rings is 1. The van der Waals surface area contributed by atoms with Crippen molar-refractivity contribution >= 4 is 10.9 Å². The Kier molecular flexibility index (Phi) is 1.41. The van der Waals surface area contributed by atoms with Gasteiger partial charge in [-0.25, -0.2) is 4.68 Å². The van der Waals surface area contributed by atoms with Crippen LogP contribution in [0.5, 0.6) is 0 Å². The van der Waals surface area contributed by atoms with Crippen molar-refractivity contribution in [1.29, 1.82) is 0 Å². The molecule has 2 heterocycles. The fourth-order valence-corrected chi connectivity index (χ4v) is 1.58. The Morgan fingerprint density at radius 2 is 2.14 bits per heavy atom. The number of para-hydroxylation sites is 1. The van der Waals surface area contributed by atoms with Gasteiger partial charge in [-0.1, -0.05) is 23.4 Å². The van der Waals surface area contributed by atoms with Crippen LogP contribution in [0.4, 0.5) is 0 Å². The smallest absolute Gasteiger partial charge is 0.0916 e. The minimum atomic E-state index is 1.03. The molecule has 0 spiro atoms. The van der Waals surface area contributed by atoms with Crippen LogP contribution in [0.2, 0.25) is 0 Å². The van der Waals surface area contributed by atoms with Crippen LogP contribution in [0.1, 0.15) is 0 Å². The van der Waals surface area contributed by atoms with Gasteiger partial charge in [0.15, 0.2) is 0 Å². The second-order valence-electron chi connectivity index (χ2n) is 3.07. The van der Waals surface area contributed by atoms with Gasteiger partial charge in [-0.05, 0) is 6.07 Å². The largest absolute Gasteiger partial charge is 0.359 e. The molecule has 0 aliphatic carbocycles. The quantitative estimate of drug-likeness (QED) is 0.626. The average Bonchev–Trinajstić information content (AvgIpc) is 2.85. The van der Waals surface area contributed by atoms with Crippen molar-refractivity contribution in [3.63, 3.8) is 0 Å². The zero-order valence-electron chi connectivity index (χ0n) is 7.38. The molecule has 0 radical (unpaired) electrons. The standard InChI is InChI=1S/C10H8N4/c1-2-4-9-8(3-1)10(7-11-9)14-6-5-12-13-14/h1-7,11H. The molecule has 0 amide bonds. The molecular weight excluding hydrogens is 176 g/mol. The van der Waals surface area contributed by atoms with E-state index >= 15 is 0 Å². The Hall–Kier alpha value is -2.10. The van der Waals surface area contributed by atoms with E-state index < -0.39 is 0 Å². The van der Waals surface area contributed by atoms with E-state index in [0.717, 1.165) is 16.6 Å². The molecule has 1 N–H and O–H groups in total. The zero-order valence-corrected chi connectivity index (χ0v) is 7.38. The number of nitrogens with one attached hydrogen (secondary N) is 1. The summed E-state index contributed by atoms with van der Waals surface area (Å²) in [6.07, 6.45) is 5.43. The van der Waals surface area contributed by atoms with Crippen LogP contribution in [-0.2, 0) is 0 Å². The third kappa shape index (κ3) is 0.939. The van der Waals surface area contributed by atoms with Gasteiger partial charge in [0.2, 0.25) is 0 Å². The van der Waals surface area contributed by atoms with Gasteiger partial charge in [-0.3, -0.25) is 0 Å². The maximum absolute atomic E-state index is 3.96. The van der Waals surface area contributed by atoms with Crippen molar-refractivity contribution in [1.82, 2.24) is 20.0 Å². The minimum Gasteiger partial charge on any atom is -0.359 e. The SMILES string of the molecule is c1ccc2c(-n3ccnn3)c[nH]c2c1. The van der Waals surface area contributed by atoms with Gasteiger partial charge in [-0.15, -0.1) is 5.10 Å². The van der Waals surface area contributed by atoms with Crippen LogP contribution in [0.25, 0.3) is 16.6 Å². The number of H-pyrrole nitrogens is 1. The predicted molar refractivity (Wildman–Crippen MR) is 53.2 cm³/mol. The van der Waals surface area contributed by atoms with Crippen LogP contribution >= 0.6 is 0 Å². The minimum absolute atomic E-state index is 1.03. The number of rotatable bonds is 1. The van der Waals surface area contributed by atoms with Crippen molar-refractivity contribution < 1.29 is 0 Å². The highest BCUT2D eigenvalue weighted by molar-refractivity contribution is 5.87. The highest BCUT2D eigenvalue weighted by Crippen LogP contribution is 2.19. The van der Waals surface area contributed by atoms with Crippen molar-refractivity contribution in [3.8, 4) is 5.69 Å². The van der Waals surface area contributed by atoms with E-state index in [4.69, 9.17) is 0 Å². The Bertz CT molecular complexity index is 550. The first kappa shape index (κ1) is 7.32. The molecule has 3 aromatic rings. The van der Waals surface area contributed by atoms with Crippen molar-refractivity contribution in [3.05, 3.63) is 42.9 Å². The second kappa shape index (κ2) is 2.70. The summed E-state index contributed by atoms with van der Waals surface area (Å²) in [5.41, 5.74) is 2.14. The van der Waals surface area contributed by atoms with Gasteiger partial charge < -0.3 is 4.98 Å². The average molecular weight is 184 g/mol. The lowest BCUT2D eigenvalue weighted by Crippen LogP contribution is -1.92. The monoisotopic (exact) mass is 184 g/mol. The van der Waals surface area contributed by atoms with Crippen LogP contribution in [-0.4, -0.2) is 20.0 Å². The maximum atomic E-state index is 3.96. The molecule has 0 saturated heterocycles. The first-order valence-electron chi connectivity index (χ1n) is 4.38. The van der Waals surface area contributed by atoms with E-state index in [1.807, 2.05) is 30.6 Å². The number of fused-ring (bicyclic) bond motifs is 1. The highest BCUT2D eigenvalue weighted by Gasteiger charge is 2.04. The van der Waals surface area contributed by atoms with Gasteiger partial charge in [-0.2, -0.15) is 0 Å². The number of nitrogens with zero attached hydrogens (tertiary/aromatic N) is 3. The van der Waals surface area contributed by atoms with Crippen LogP contribution in [0.3, 0.4) is 0 Å². The van der Waals surface area contributed by atoms with Gasteiger partial charge in [0.25, 0.3) is 0 Å². The number of hydrogen-bond donors (Lipinski definition) is 1. The molecule has 0 unspecified atom stereocenters. The molecule has 0 aliphatic heterocycles. The van der Waals surface area contributed by atoms with E-state index in [2.05, 4.69) is 21.4 Å². The summed E-state index contributed by atoms with van der Waals surface area (Å²) in [4.78, 5) is 3.19. The molecule has 68 valence electrons. The Labute approximate surface area is 80.2 Å². The molecule has 4 nitrogen and oxygen atoms in total. The van der Waals surface area contributed by atoms with Crippen LogP contribution in [0, 0.1) is 0 Å². The lowest BCUT2D eigenvalue weighted by atomic mass is 10.2. The molecule has 0 aliphatic rings. The maximum Gasteiger partial charge on any atom is 0.0916 e. The Balaban J connectivity index is 2.33. The Morgan fingerprint density at radius 3 is 3.00 bits per heavy atom. The molecule has 4 heteroatoms. The van der Waals surface area contributed by atoms with Crippen LogP contribution < -0.4 is 0 Å². The summed E-state index contributed by atoms with van der Waals surface area (Å²) < 4.78 is 1.75. The zero-order chi connectivity index (χ0) is 9.38. The lowest BCUT2D eigenvalue weighted by Gasteiger charge is -1.95. The molecule has 14 heavy (non-hydrogen) atoms. The third-order valence-corrected chi connectivity index (χ3v) is 2.24. The van der Waals surface area contributed by atoms with Gasteiger partial charge >= 0.3 is 0 Å². The van der Waals surface area contributed by atoms with Crippen molar-refractivity contribution in [2.75, 3.05) is 0 Å². The Morgan fingerprint density at radius 1 is 1.21 bits per heavy atom. The van der Waals surface area contributed by atoms with E-state index in [1.54, 1.807) is 10.9 Å². The van der Waals surface area contributed by atoms with Gasteiger partial charge in [0.1, 0.15) is 0 Å². The van der Waals surface area contributed by atoms with E-state index in [9.17, 15) is 0 Å². The summed E-state index contributed by atoms with van der Waals surface area (Å²) >= 11 is 0. The van der Waals surface area contributed by atoms with Crippen molar-refractivity contribution in [2.24, 2.45) is 0 Å². The molecule has 0 atom stereocenters. The van der Waals surface area contributed by atoms with Gasteiger partial charge in [0, 0.05) is 17.1 Å². The summed E-state index contributed by atoms with van der Waals surface area (Å²) in [5.74, 6) is 0. The number of hydrogen-bond acceptors (Lipinski definition) is 2. The molecule has 0 fully saturated rings. The van der Waals surface area contributed by atoms with E-state index in [1.165, 1.54) is 0 Å². The van der Waals surface area contributed by atoms with Gasteiger partial charge in [0.05, 0.1) is 18.1 Å². The highest BCUT2D eigenvalue weighted by atomic mass is 15.4. The fourth-order valence-electron chi connectivity index (χ4n) is 1.58. The van der Waals surface area contributed by atoms with Crippen molar-refractivity contribution in [2.45, 2.75) is 0 Å². The third-order valence-electron chi connectivity index (χ3n) is 2.24. The molecule has 3 rings (SSSR count). The molecule has 1 aromatic carbocycles. The topological polar surface area (TPSA) is 46.5 Å². The summed E-state index contributed by atoms with van der Waals surface area (Å²) in [5, 5.41) is 8.89. The first-order valence-corrected chi connectivity index (χ1v) is 4.38. The number of aromatic nitrogens is 4. The second-order valence-corrected chi connectivity index (χ2v) is 3.07. The molecular formula is C10H8N4. The molecule has 0 saturated carbocycles. The summed E-state index contributed by atoms with van der Waals surface area (Å²) in [7, 11) is 0. The molecule has 0 bridgehead atoms. The predicted octanol–water partition coefficient (Wildman–Crippen LogP) is 1.75. The van der Waals surface area contributed by atoms with Crippen LogP contribution in [0.15, 0.2) is 42.9 Å². The van der Waals surface area contributed by atoms with E-state index in [0.29, 0.717) is 0 Å². The summed E-state index contributed by atoms with van der Waals surface area (Å²) in [6, 6.07) is 8.11. The molecule has 2 aromatic heterocycles. The van der Waals surface area contributed by atoms with E-state index in [-0.39, 0.29) is 0 Å². The summed E-state index contributed by atoms with van der Waals surface area (Å²) in [6.45, 7) is 0. The first-order chi connectivity index (χ1) is 6.95. The lowest BCUT2D eigenvalue weighted by molar-refractivity contribution is 0.808.